The van der Waals surface area contributed by atoms with Crippen molar-refractivity contribution in [2.24, 2.45) is 0 Å². The van der Waals surface area contributed by atoms with E-state index < -0.39 is 0 Å². The average Bonchev–Trinajstić information content (AvgIpc) is 3.20. The van der Waals surface area contributed by atoms with Crippen molar-refractivity contribution in [2.75, 3.05) is 6.61 Å². The second-order valence-corrected chi connectivity index (χ2v) is 5.24. The standard InChI is InChI=1S/C17H18N6O2/c1-2-8-25-17-14(4-3-6-20-17)10-21-16(24)13-5-7-19-15(9-13)23-12-18-11-22-23/h3-7,9,11-12H,2,8,10H2,1H3,(H,21,24). The van der Waals surface area contributed by atoms with Crippen molar-refractivity contribution in [1.82, 2.24) is 30.0 Å². The molecule has 0 radical (unpaired) electrons. The van der Waals surface area contributed by atoms with E-state index in [0.29, 0.717) is 30.4 Å². The van der Waals surface area contributed by atoms with E-state index in [4.69, 9.17) is 4.74 Å². The van der Waals surface area contributed by atoms with Gasteiger partial charge in [-0.05, 0) is 24.6 Å². The lowest BCUT2D eigenvalue weighted by Gasteiger charge is -2.10. The monoisotopic (exact) mass is 338 g/mol. The number of nitrogens with zero attached hydrogens (tertiary/aromatic N) is 5. The number of carbonyl (C=O) groups is 1. The molecule has 1 amide bonds. The molecule has 8 heteroatoms. The molecule has 8 nitrogen and oxygen atoms in total. The van der Waals surface area contributed by atoms with Crippen LogP contribution in [0, 0.1) is 0 Å². The van der Waals surface area contributed by atoms with Crippen LogP contribution in [-0.4, -0.2) is 37.2 Å². The molecule has 0 aliphatic carbocycles. The molecule has 0 aliphatic heterocycles. The Balaban J connectivity index is 1.68. The number of carbonyl (C=O) groups excluding carboxylic acids is 1. The maximum atomic E-state index is 12.4. The van der Waals surface area contributed by atoms with Crippen LogP contribution in [0.4, 0.5) is 0 Å². The van der Waals surface area contributed by atoms with Crippen molar-refractivity contribution in [2.45, 2.75) is 19.9 Å². The highest BCUT2D eigenvalue weighted by atomic mass is 16.5. The normalized spacial score (nSPS) is 10.4. The molecule has 3 heterocycles. The summed E-state index contributed by atoms with van der Waals surface area (Å²) >= 11 is 0. The molecule has 0 aliphatic rings. The van der Waals surface area contributed by atoms with E-state index in [9.17, 15) is 4.79 Å². The number of rotatable bonds is 7. The molecule has 0 spiro atoms. The third kappa shape index (κ3) is 4.17. The Labute approximate surface area is 144 Å². The third-order valence-electron chi connectivity index (χ3n) is 3.39. The Hall–Kier alpha value is -3.29. The number of amides is 1. The van der Waals surface area contributed by atoms with Gasteiger partial charge in [-0.15, -0.1) is 0 Å². The topological polar surface area (TPSA) is 94.8 Å². The number of nitrogens with one attached hydrogen (secondary N) is 1. The molecule has 3 aromatic rings. The summed E-state index contributed by atoms with van der Waals surface area (Å²) in [5, 5.41) is 6.88. The Morgan fingerprint density at radius 2 is 2.20 bits per heavy atom. The number of aromatic nitrogens is 5. The van der Waals surface area contributed by atoms with Crippen LogP contribution in [0.1, 0.15) is 29.3 Å². The maximum Gasteiger partial charge on any atom is 0.251 e. The van der Waals surface area contributed by atoms with Gasteiger partial charge in [-0.1, -0.05) is 13.0 Å². The van der Waals surface area contributed by atoms with Gasteiger partial charge in [-0.25, -0.2) is 19.6 Å². The highest BCUT2D eigenvalue weighted by molar-refractivity contribution is 5.94. The molecule has 0 unspecified atom stereocenters. The number of pyridine rings is 2. The number of ether oxygens (including phenoxy) is 1. The predicted molar refractivity (Wildman–Crippen MR) is 90.3 cm³/mol. The first kappa shape index (κ1) is 16.6. The summed E-state index contributed by atoms with van der Waals surface area (Å²) in [6.07, 6.45) is 7.06. The van der Waals surface area contributed by atoms with Crippen molar-refractivity contribution in [3.8, 4) is 11.7 Å². The van der Waals surface area contributed by atoms with Crippen LogP contribution in [0.15, 0.2) is 49.3 Å². The van der Waals surface area contributed by atoms with E-state index in [1.165, 1.54) is 17.3 Å². The number of hydrogen-bond donors (Lipinski definition) is 1. The Bertz CT molecular complexity index is 835. The first-order chi connectivity index (χ1) is 12.3. The van der Waals surface area contributed by atoms with Crippen molar-refractivity contribution < 1.29 is 9.53 Å². The molecule has 0 aromatic carbocycles. The van der Waals surface area contributed by atoms with Crippen LogP contribution < -0.4 is 10.1 Å². The molecule has 25 heavy (non-hydrogen) atoms. The van der Waals surface area contributed by atoms with E-state index in [1.54, 1.807) is 24.5 Å². The van der Waals surface area contributed by atoms with Crippen molar-refractivity contribution >= 4 is 5.91 Å². The molecule has 128 valence electrons. The van der Waals surface area contributed by atoms with Crippen LogP contribution >= 0.6 is 0 Å². The second kappa shape index (κ2) is 8.00. The van der Waals surface area contributed by atoms with Crippen molar-refractivity contribution in [3.05, 3.63) is 60.4 Å². The molecule has 0 atom stereocenters. The lowest BCUT2D eigenvalue weighted by Crippen LogP contribution is -2.23. The molecule has 0 saturated carbocycles. The van der Waals surface area contributed by atoms with Gasteiger partial charge in [0.15, 0.2) is 5.82 Å². The second-order valence-electron chi connectivity index (χ2n) is 5.24. The van der Waals surface area contributed by atoms with Crippen molar-refractivity contribution in [1.29, 1.82) is 0 Å². The summed E-state index contributed by atoms with van der Waals surface area (Å²) in [7, 11) is 0. The molecular formula is C17H18N6O2. The van der Waals surface area contributed by atoms with Gasteiger partial charge < -0.3 is 10.1 Å². The molecule has 0 bridgehead atoms. The summed E-state index contributed by atoms with van der Waals surface area (Å²) in [5.74, 6) is 0.857. The highest BCUT2D eigenvalue weighted by Crippen LogP contribution is 2.14. The smallest absolute Gasteiger partial charge is 0.251 e. The molecule has 0 fully saturated rings. The summed E-state index contributed by atoms with van der Waals surface area (Å²) in [4.78, 5) is 24.7. The first-order valence-electron chi connectivity index (χ1n) is 7.94. The first-order valence-corrected chi connectivity index (χ1v) is 7.94. The SMILES string of the molecule is CCCOc1ncccc1CNC(=O)c1ccnc(-n2cncn2)c1. The lowest BCUT2D eigenvalue weighted by atomic mass is 10.2. The van der Waals surface area contributed by atoms with E-state index in [-0.39, 0.29) is 5.91 Å². The lowest BCUT2D eigenvalue weighted by molar-refractivity contribution is 0.0950. The van der Waals surface area contributed by atoms with Crippen molar-refractivity contribution in [3.63, 3.8) is 0 Å². The summed E-state index contributed by atoms with van der Waals surface area (Å²) < 4.78 is 7.10. The third-order valence-corrected chi connectivity index (χ3v) is 3.39. The summed E-state index contributed by atoms with van der Waals surface area (Å²) in [5.41, 5.74) is 1.32. The van der Waals surface area contributed by atoms with Gasteiger partial charge in [-0.2, -0.15) is 5.10 Å². The van der Waals surface area contributed by atoms with Gasteiger partial charge in [-0.3, -0.25) is 4.79 Å². The van der Waals surface area contributed by atoms with Gasteiger partial charge in [0.1, 0.15) is 12.7 Å². The van der Waals surface area contributed by atoms with Crippen LogP contribution in [0.25, 0.3) is 5.82 Å². The summed E-state index contributed by atoms with van der Waals surface area (Å²) in [6.45, 7) is 2.94. The zero-order valence-electron chi connectivity index (χ0n) is 13.8. The fourth-order valence-electron chi connectivity index (χ4n) is 2.18. The quantitative estimate of drug-likeness (QED) is 0.705. The largest absolute Gasteiger partial charge is 0.477 e. The van der Waals surface area contributed by atoms with Crippen LogP contribution in [0.3, 0.4) is 0 Å². The highest BCUT2D eigenvalue weighted by Gasteiger charge is 2.10. The summed E-state index contributed by atoms with van der Waals surface area (Å²) in [6, 6.07) is 7.00. The molecule has 1 N–H and O–H groups in total. The molecule has 3 aromatic heterocycles. The van der Waals surface area contributed by atoms with E-state index in [2.05, 4.69) is 25.4 Å². The van der Waals surface area contributed by atoms with Gasteiger partial charge in [0.25, 0.3) is 5.91 Å². The predicted octanol–water partition coefficient (Wildman–Crippen LogP) is 1.78. The maximum absolute atomic E-state index is 12.4. The van der Waals surface area contributed by atoms with E-state index >= 15 is 0 Å². The fraction of sp³-hybridized carbons (Fsp3) is 0.235. The molecule has 0 saturated heterocycles. The zero-order valence-corrected chi connectivity index (χ0v) is 13.8. The minimum atomic E-state index is -0.214. The Kier molecular flexibility index (Phi) is 5.30. The molecular weight excluding hydrogens is 320 g/mol. The number of hydrogen-bond acceptors (Lipinski definition) is 6. The zero-order chi connectivity index (χ0) is 17.5. The van der Waals surface area contributed by atoms with Crippen LogP contribution in [0.5, 0.6) is 5.88 Å². The molecule has 3 rings (SSSR count). The minimum absolute atomic E-state index is 0.214. The fourth-order valence-corrected chi connectivity index (χ4v) is 2.18. The van der Waals surface area contributed by atoms with Gasteiger partial charge in [0.05, 0.1) is 6.61 Å². The minimum Gasteiger partial charge on any atom is -0.477 e. The van der Waals surface area contributed by atoms with Gasteiger partial charge >= 0.3 is 0 Å². The van der Waals surface area contributed by atoms with Crippen LogP contribution in [-0.2, 0) is 6.54 Å². The Morgan fingerprint density at radius 1 is 1.28 bits per heavy atom. The van der Waals surface area contributed by atoms with Crippen LogP contribution in [0.2, 0.25) is 0 Å². The van der Waals surface area contributed by atoms with E-state index in [1.807, 2.05) is 19.1 Å². The van der Waals surface area contributed by atoms with Gasteiger partial charge in [0, 0.05) is 30.1 Å². The van der Waals surface area contributed by atoms with E-state index in [0.717, 1.165) is 12.0 Å². The average molecular weight is 338 g/mol. The Morgan fingerprint density at radius 3 is 3.00 bits per heavy atom. The van der Waals surface area contributed by atoms with Gasteiger partial charge in [0.2, 0.25) is 5.88 Å².